The monoisotopic (exact) mass is 325 g/mol. The first kappa shape index (κ1) is 20.3. The second-order valence-corrected chi connectivity index (χ2v) is 7.19. The second kappa shape index (κ2) is 9.52. The van der Waals surface area contributed by atoms with Gasteiger partial charge >= 0.3 is 0 Å². The van der Waals surface area contributed by atoms with E-state index >= 15 is 0 Å². The smallest absolute Gasteiger partial charge is 0.0469 e. The Hall–Kier alpha value is -1.76. The summed E-state index contributed by atoms with van der Waals surface area (Å²) in [6.07, 6.45) is 17.5. The lowest BCUT2D eigenvalue weighted by Gasteiger charge is -2.30. The molecule has 1 unspecified atom stereocenters. The molecule has 0 saturated carbocycles. The van der Waals surface area contributed by atoms with Crippen molar-refractivity contribution in [3.63, 3.8) is 0 Å². The Balaban J connectivity index is 3.23. The molecule has 1 aliphatic heterocycles. The number of hydrogen-bond acceptors (Lipinski definition) is 1. The van der Waals surface area contributed by atoms with Gasteiger partial charge in [-0.05, 0) is 48.0 Å². The highest BCUT2D eigenvalue weighted by atomic mass is 15.1. The molecule has 0 N–H and O–H groups in total. The zero-order chi connectivity index (χ0) is 18.2. The Labute approximate surface area is 149 Å². The minimum Gasteiger partial charge on any atom is -0.370 e. The third-order valence-electron chi connectivity index (χ3n) is 5.01. The third-order valence-corrected chi connectivity index (χ3v) is 5.01. The standard InChI is InChI=1S/C23H35N/c1-8-13-21(22-19(5)14-12-16-24(22)7)17-20(10-3)18-23(6,11-4)15-9-2/h8,10,12-14,17H,1,3,9,11,15-16,18H2,2,4-7H3/b20-17-,21-13-. The van der Waals surface area contributed by atoms with Crippen LogP contribution in [0.5, 0.6) is 0 Å². The predicted molar refractivity (Wildman–Crippen MR) is 109 cm³/mol. The number of allylic oxidation sites excluding steroid dienone is 7. The van der Waals surface area contributed by atoms with E-state index in [4.69, 9.17) is 0 Å². The molecule has 0 saturated heterocycles. The number of hydrogen-bond donors (Lipinski definition) is 0. The largest absolute Gasteiger partial charge is 0.370 e. The van der Waals surface area contributed by atoms with Crippen LogP contribution in [0.15, 0.2) is 72.0 Å². The van der Waals surface area contributed by atoms with Crippen LogP contribution in [0, 0.1) is 5.41 Å². The van der Waals surface area contributed by atoms with E-state index in [0.29, 0.717) is 5.41 Å². The molecule has 132 valence electrons. The van der Waals surface area contributed by atoms with Gasteiger partial charge in [-0.15, -0.1) is 0 Å². The summed E-state index contributed by atoms with van der Waals surface area (Å²) in [5.41, 5.74) is 5.45. The molecule has 0 aromatic heterocycles. The second-order valence-electron chi connectivity index (χ2n) is 7.19. The molecule has 0 amide bonds. The lowest BCUT2D eigenvalue weighted by molar-refractivity contribution is 0.280. The Kier molecular flexibility index (Phi) is 8.04. The zero-order valence-corrected chi connectivity index (χ0v) is 16.4. The van der Waals surface area contributed by atoms with Crippen LogP contribution in [-0.2, 0) is 0 Å². The van der Waals surface area contributed by atoms with E-state index in [-0.39, 0.29) is 0 Å². The van der Waals surface area contributed by atoms with E-state index in [1.807, 2.05) is 12.2 Å². The lowest BCUT2D eigenvalue weighted by atomic mass is 9.77. The topological polar surface area (TPSA) is 3.24 Å². The summed E-state index contributed by atoms with van der Waals surface area (Å²) in [4.78, 5) is 2.30. The van der Waals surface area contributed by atoms with Gasteiger partial charge in [-0.1, -0.05) is 77.2 Å². The molecule has 0 aromatic rings. The maximum Gasteiger partial charge on any atom is 0.0469 e. The summed E-state index contributed by atoms with van der Waals surface area (Å²) in [6, 6.07) is 0. The molecule has 0 aromatic carbocycles. The van der Waals surface area contributed by atoms with Gasteiger partial charge in [0.15, 0.2) is 0 Å². The summed E-state index contributed by atoms with van der Waals surface area (Å²) >= 11 is 0. The van der Waals surface area contributed by atoms with Crippen molar-refractivity contribution >= 4 is 0 Å². The first-order valence-electron chi connectivity index (χ1n) is 9.15. The molecule has 0 bridgehead atoms. The van der Waals surface area contributed by atoms with Crippen LogP contribution in [-0.4, -0.2) is 18.5 Å². The Bertz CT molecular complexity index is 571. The molecule has 1 nitrogen and oxygen atoms in total. The summed E-state index contributed by atoms with van der Waals surface area (Å²) in [5, 5.41) is 0. The van der Waals surface area contributed by atoms with Gasteiger partial charge in [-0.25, -0.2) is 0 Å². The van der Waals surface area contributed by atoms with Crippen LogP contribution in [0.2, 0.25) is 0 Å². The maximum atomic E-state index is 4.07. The van der Waals surface area contributed by atoms with Gasteiger partial charge in [0.05, 0.1) is 0 Å². The first-order valence-corrected chi connectivity index (χ1v) is 9.15. The number of likely N-dealkylation sites (N-methyl/N-ethyl adjacent to an activating group) is 1. The van der Waals surface area contributed by atoms with Crippen molar-refractivity contribution in [2.45, 2.75) is 53.4 Å². The first-order chi connectivity index (χ1) is 11.4. The van der Waals surface area contributed by atoms with Crippen LogP contribution < -0.4 is 0 Å². The summed E-state index contributed by atoms with van der Waals surface area (Å²) in [5.74, 6) is 0. The van der Waals surface area contributed by atoms with Crippen molar-refractivity contribution in [1.29, 1.82) is 0 Å². The highest BCUT2D eigenvalue weighted by molar-refractivity contribution is 5.49. The molecule has 0 aliphatic carbocycles. The normalized spacial score (nSPS) is 18.6. The Morgan fingerprint density at radius 1 is 1.33 bits per heavy atom. The van der Waals surface area contributed by atoms with E-state index in [1.165, 1.54) is 41.7 Å². The third kappa shape index (κ3) is 5.40. The fraction of sp³-hybridized carbons (Fsp3) is 0.478. The number of nitrogens with zero attached hydrogens (tertiary/aromatic N) is 1. The van der Waals surface area contributed by atoms with Gasteiger partial charge < -0.3 is 4.90 Å². The van der Waals surface area contributed by atoms with Crippen LogP contribution in [0.4, 0.5) is 0 Å². The van der Waals surface area contributed by atoms with E-state index in [0.717, 1.165) is 13.0 Å². The van der Waals surface area contributed by atoms with Gasteiger partial charge in [0, 0.05) is 19.3 Å². The molecule has 1 heterocycles. The van der Waals surface area contributed by atoms with Crippen LogP contribution in [0.3, 0.4) is 0 Å². The van der Waals surface area contributed by atoms with Crippen LogP contribution in [0.25, 0.3) is 0 Å². The van der Waals surface area contributed by atoms with Crippen molar-refractivity contribution in [1.82, 2.24) is 4.90 Å². The van der Waals surface area contributed by atoms with Crippen molar-refractivity contribution in [3.8, 4) is 0 Å². The van der Waals surface area contributed by atoms with Gasteiger partial charge in [-0.3, -0.25) is 0 Å². The highest BCUT2D eigenvalue weighted by Gasteiger charge is 2.22. The van der Waals surface area contributed by atoms with Crippen LogP contribution in [0.1, 0.15) is 53.4 Å². The van der Waals surface area contributed by atoms with Crippen molar-refractivity contribution < 1.29 is 0 Å². The predicted octanol–water partition coefficient (Wildman–Crippen LogP) is 6.59. The van der Waals surface area contributed by atoms with E-state index in [1.54, 1.807) is 0 Å². The molecule has 0 radical (unpaired) electrons. The Morgan fingerprint density at radius 3 is 2.54 bits per heavy atom. The summed E-state index contributed by atoms with van der Waals surface area (Å²) in [6.45, 7) is 18.1. The maximum absolute atomic E-state index is 4.07. The fourth-order valence-corrected chi connectivity index (χ4v) is 3.50. The average molecular weight is 326 g/mol. The summed E-state index contributed by atoms with van der Waals surface area (Å²) in [7, 11) is 2.15. The van der Waals surface area contributed by atoms with Gasteiger partial charge in [0.25, 0.3) is 0 Å². The average Bonchev–Trinajstić information content (AvgIpc) is 2.54. The minimum absolute atomic E-state index is 0.343. The van der Waals surface area contributed by atoms with Crippen molar-refractivity contribution in [2.24, 2.45) is 5.41 Å². The van der Waals surface area contributed by atoms with Gasteiger partial charge in [0.2, 0.25) is 0 Å². The zero-order valence-electron chi connectivity index (χ0n) is 16.4. The molecule has 1 aliphatic rings. The highest BCUT2D eigenvalue weighted by Crippen LogP contribution is 2.36. The van der Waals surface area contributed by atoms with E-state index in [9.17, 15) is 0 Å². The van der Waals surface area contributed by atoms with Gasteiger partial charge in [0.1, 0.15) is 0 Å². The Morgan fingerprint density at radius 2 is 2.04 bits per heavy atom. The molecule has 0 fully saturated rings. The minimum atomic E-state index is 0.343. The lowest BCUT2D eigenvalue weighted by Crippen LogP contribution is -2.22. The molecule has 1 atom stereocenters. The number of rotatable bonds is 9. The van der Waals surface area contributed by atoms with E-state index < -0.39 is 0 Å². The van der Waals surface area contributed by atoms with Crippen LogP contribution >= 0.6 is 0 Å². The fourth-order valence-electron chi connectivity index (χ4n) is 3.50. The van der Waals surface area contributed by atoms with Crippen molar-refractivity contribution in [3.05, 3.63) is 72.0 Å². The van der Waals surface area contributed by atoms with Gasteiger partial charge in [-0.2, -0.15) is 0 Å². The molecule has 1 heteroatoms. The molecule has 0 spiro atoms. The molecular weight excluding hydrogens is 290 g/mol. The van der Waals surface area contributed by atoms with Crippen molar-refractivity contribution in [2.75, 3.05) is 13.6 Å². The quantitative estimate of drug-likeness (QED) is 0.432. The summed E-state index contributed by atoms with van der Waals surface area (Å²) < 4.78 is 0. The van der Waals surface area contributed by atoms with E-state index in [2.05, 4.69) is 77.1 Å². The SMILES string of the molecule is C=C/C=C(/C=C(/C=C)CC(C)(CC)CCC)C1=C(C)C=CCN1C. The molecule has 1 rings (SSSR count). The molecular formula is C23H35N. The molecule has 24 heavy (non-hydrogen) atoms.